The summed E-state index contributed by atoms with van der Waals surface area (Å²) < 4.78 is 6.23. The fraction of sp³-hybridized carbons (Fsp3) is 0.529. The van der Waals surface area contributed by atoms with Gasteiger partial charge in [0.2, 0.25) is 0 Å². The highest BCUT2D eigenvalue weighted by Gasteiger charge is 2.45. The van der Waals surface area contributed by atoms with Gasteiger partial charge in [0.25, 0.3) is 0 Å². The molecule has 2 unspecified atom stereocenters. The molecule has 0 radical (unpaired) electrons. The maximum Gasteiger partial charge on any atom is 0.134 e. The van der Waals surface area contributed by atoms with Gasteiger partial charge < -0.3 is 9.52 Å². The molecule has 4 atom stereocenters. The van der Waals surface area contributed by atoms with Gasteiger partial charge in [0, 0.05) is 36.0 Å². The Morgan fingerprint density at radius 1 is 1.25 bits per heavy atom. The van der Waals surface area contributed by atoms with Crippen molar-refractivity contribution in [2.24, 2.45) is 5.92 Å². The third-order valence-electron chi connectivity index (χ3n) is 5.68. The minimum Gasteiger partial charge on any atom is -0.508 e. The number of phenolic OH excluding ortho intramolecular Hbond substituents is 1. The van der Waals surface area contributed by atoms with Gasteiger partial charge in [-0.2, -0.15) is 0 Å². The highest BCUT2D eigenvalue weighted by Crippen LogP contribution is 2.49. The molecule has 3 fully saturated rings. The van der Waals surface area contributed by atoms with Crippen molar-refractivity contribution in [2.75, 3.05) is 13.1 Å². The molecule has 3 aliphatic heterocycles. The normalized spacial score (nSPS) is 35.0. The number of fused-ring (bicyclic) bond motifs is 4. The van der Waals surface area contributed by atoms with Crippen molar-refractivity contribution in [3.8, 4) is 5.75 Å². The Morgan fingerprint density at radius 2 is 2.20 bits per heavy atom. The van der Waals surface area contributed by atoms with Crippen LogP contribution in [0.15, 0.2) is 22.6 Å². The van der Waals surface area contributed by atoms with Gasteiger partial charge in [0.15, 0.2) is 0 Å². The van der Waals surface area contributed by atoms with Gasteiger partial charge in [-0.25, -0.2) is 0 Å². The molecule has 3 heteroatoms. The zero-order valence-corrected chi connectivity index (χ0v) is 11.5. The summed E-state index contributed by atoms with van der Waals surface area (Å²) in [5.74, 6) is 3.00. The van der Waals surface area contributed by atoms with Gasteiger partial charge in [0.1, 0.15) is 17.1 Å². The van der Waals surface area contributed by atoms with Gasteiger partial charge in [-0.15, -0.1) is 0 Å². The Labute approximate surface area is 118 Å². The lowest BCUT2D eigenvalue weighted by atomic mass is 9.72. The summed E-state index contributed by atoms with van der Waals surface area (Å²) in [4.78, 5) is 2.69. The van der Waals surface area contributed by atoms with E-state index in [9.17, 15) is 5.11 Å². The van der Waals surface area contributed by atoms with Crippen LogP contribution < -0.4 is 0 Å². The lowest BCUT2D eigenvalue weighted by molar-refractivity contribution is 0.0307. The van der Waals surface area contributed by atoms with Crippen molar-refractivity contribution in [1.82, 2.24) is 4.90 Å². The molecule has 4 aliphatic rings. The maximum atomic E-state index is 9.76. The van der Waals surface area contributed by atoms with Crippen LogP contribution in [0.5, 0.6) is 5.75 Å². The van der Waals surface area contributed by atoms with E-state index in [1.165, 1.54) is 37.1 Å². The SMILES string of the molecule is Oc1ccc2oc3c(c2c1)CCN1C[C@H]2CCC1[C@H]3C2. The Kier molecular flexibility index (Phi) is 2.12. The second kappa shape index (κ2) is 3.79. The zero-order chi connectivity index (χ0) is 13.3. The standard InChI is InChI=1S/C17H19NO2/c19-11-2-4-16-13(8-11)12-5-6-18-9-10-1-3-15(18)14(7-10)17(12)20-16/h2,4,8,10,14-15,19H,1,3,5-7,9H2/t10-,14+,15?/m0/s1. The molecule has 20 heavy (non-hydrogen) atoms. The number of piperidine rings is 2. The van der Waals surface area contributed by atoms with Crippen LogP contribution in [0.3, 0.4) is 0 Å². The molecule has 6 rings (SSSR count). The average Bonchev–Trinajstić information content (AvgIpc) is 2.78. The van der Waals surface area contributed by atoms with Crippen LogP contribution in [0.1, 0.15) is 36.5 Å². The molecule has 2 saturated heterocycles. The molecule has 104 valence electrons. The van der Waals surface area contributed by atoms with Crippen molar-refractivity contribution in [1.29, 1.82) is 0 Å². The number of hydrogen-bond donors (Lipinski definition) is 1. The number of phenols is 1. The third-order valence-corrected chi connectivity index (χ3v) is 5.68. The first-order valence-corrected chi connectivity index (χ1v) is 7.78. The molecule has 0 spiro atoms. The Balaban J connectivity index is 1.72. The van der Waals surface area contributed by atoms with E-state index in [1.807, 2.05) is 12.1 Å². The molecular weight excluding hydrogens is 250 g/mol. The molecule has 2 aromatic rings. The monoisotopic (exact) mass is 269 g/mol. The van der Waals surface area contributed by atoms with Gasteiger partial charge in [-0.05, 0) is 49.8 Å². The molecular formula is C17H19NO2. The minimum atomic E-state index is 0.343. The molecule has 1 aromatic heterocycles. The van der Waals surface area contributed by atoms with Crippen molar-refractivity contribution < 1.29 is 9.52 Å². The number of benzene rings is 1. The van der Waals surface area contributed by atoms with Crippen LogP contribution in [-0.2, 0) is 6.42 Å². The lowest BCUT2D eigenvalue weighted by Crippen LogP contribution is -2.51. The van der Waals surface area contributed by atoms with Crippen LogP contribution in [-0.4, -0.2) is 29.1 Å². The fourth-order valence-electron chi connectivity index (χ4n) is 4.82. The second-order valence-corrected chi connectivity index (χ2v) is 6.72. The van der Waals surface area contributed by atoms with E-state index in [-0.39, 0.29) is 0 Å². The fourth-order valence-corrected chi connectivity index (χ4v) is 4.82. The first-order valence-electron chi connectivity index (χ1n) is 7.78. The van der Waals surface area contributed by atoms with E-state index < -0.39 is 0 Å². The van der Waals surface area contributed by atoms with E-state index in [2.05, 4.69) is 4.90 Å². The van der Waals surface area contributed by atoms with E-state index in [0.717, 1.165) is 29.9 Å². The highest BCUT2D eigenvalue weighted by atomic mass is 16.3. The van der Waals surface area contributed by atoms with Crippen molar-refractivity contribution >= 4 is 11.0 Å². The van der Waals surface area contributed by atoms with Gasteiger partial charge in [0.05, 0.1) is 0 Å². The largest absolute Gasteiger partial charge is 0.508 e. The third kappa shape index (κ3) is 1.39. The molecule has 3 nitrogen and oxygen atoms in total. The Bertz CT molecular complexity index is 690. The summed E-state index contributed by atoms with van der Waals surface area (Å²) in [6.07, 6.45) is 5.08. The molecule has 0 amide bonds. The second-order valence-electron chi connectivity index (χ2n) is 6.72. The Morgan fingerprint density at radius 3 is 3.10 bits per heavy atom. The van der Waals surface area contributed by atoms with Crippen LogP contribution in [0.25, 0.3) is 11.0 Å². The van der Waals surface area contributed by atoms with E-state index >= 15 is 0 Å². The molecule has 1 N–H and O–H groups in total. The lowest BCUT2D eigenvalue weighted by Gasteiger charge is -2.48. The van der Waals surface area contributed by atoms with Gasteiger partial charge in [-0.1, -0.05) is 0 Å². The van der Waals surface area contributed by atoms with Crippen molar-refractivity contribution in [2.45, 2.75) is 37.6 Å². The van der Waals surface area contributed by atoms with Gasteiger partial charge >= 0.3 is 0 Å². The summed E-state index contributed by atoms with van der Waals surface area (Å²) in [6, 6.07) is 6.21. The van der Waals surface area contributed by atoms with Crippen LogP contribution >= 0.6 is 0 Å². The summed E-state index contributed by atoms with van der Waals surface area (Å²) in [7, 11) is 0. The predicted octanol–water partition coefficient (Wildman–Crippen LogP) is 3.26. The smallest absolute Gasteiger partial charge is 0.134 e. The van der Waals surface area contributed by atoms with Crippen LogP contribution in [0.2, 0.25) is 0 Å². The topological polar surface area (TPSA) is 36.6 Å². The maximum absolute atomic E-state index is 9.76. The van der Waals surface area contributed by atoms with Gasteiger partial charge in [-0.3, -0.25) is 4.90 Å². The van der Waals surface area contributed by atoms with E-state index in [1.54, 1.807) is 6.07 Å². The number of aromatic hydroxyl groups is 1. The molecule has 1 aliphatic carbocycles. The highest BCUT2D eigenvalue weighted by molar-refractivity contribution is 5.84. The molecule has 1 aromatic carbocycles. The summed E-state index contributed by atoms with van der Waals surface area (Å²) in [5, 5.41) is 10.9. The average molecular weight is 269 g/mol. The quantitative estimate of drug-likeness (QED) is 0.797. The number of rotatable bonds is 0. The zero-order valence-electron chi connectivity index (χ0n) is 11.5. The first kappa shape index (κ1) is 11.2. The van der Waals surface area contributed by atoms with E-state index in [0.29, 0.717) is 17.7 Å². The number of hydrogen-bond acceptors (Lipinski definition) is 3. The predicted molar refractivity (Wildman–Crippen MR) is 77.0 cm³/mol. The molecule has 1 saturated carbocycles. The molecule has 4 bridgehead atoms. The molecule has 4 heterocycles. The summed E-state index contributed by atoms with van der Waals surface area (Å²) in [5.41, 5.74) is 2.30. The number of nitrogens with zero attached hydrogens (tertiary/aromatic N) is 1. The summed E-state index contributed by atoms with van der Waals surface area (Å²) >= 11 is 0. The van der Waals surface area contributed by atoms with Crippen molar-refractivity contribution in [3.63, 3.8) is 0 Å². The van der Waals surface area contributed by atoms with Crippen LogP contribution in [0, 0.1) is 5.92 Å². The Hall–Kier alpha value is -1.48. The first-order chi connectivity index (χ1) is 9.79. The number of furan rings is 1. The van der Waals surface area contributed by atoms with Crippen molar-refractivity contribution in [3.05, 3.63) is 29.5 Å². The van der Waals surface area contributed by atoms with Crippen LogP contribution in [0.4, 0.5) is 0 Å². The minimum absolute atomic E-state index is 0.343. The van der Waals surface area contributed by atoms with E-state index in [4.69, 9.17) is 4.42 Å². The summed E-state index contributed by atoms with van der Waals surface area (Å²) in [6.45, 7) is 2.43.